The number of Topliss-reactive ketones (excluding diaryl/α,β-unsaturated/α-hetero) is 1. The molecule has 3 aromatic rings. The minimum atomic E-state index is -4.43. The summed E-state index contributed by atoms with van der Waals surface area (Å²) in [4.78, 5) is 32.9. The Balaban J connectivity index is 1.07. The Kier molecular flexibility index (Phi) is 7.71. The number of alkyl halides is 3. The van der Waals surface area contributed by atoms with E-state index in [1.807, 2.05) is 17.0 Å². The summed E-state index contributed by atoms with van der Waals surface area (Å²) in [6, 6.07) is 7.95. The van der Waals surface area contributed by atoms with E-state index >= 15 is 0 Å². The van der Waals surface area contributed by atoms with Crippen LogP contribution in [0.4, 0.5) is 19.0 Å². The molecule has 5 heterocycles. The summed E-state index contributed by atoms with van der Waals surface area (Å²) in [5.41, 5.74) is -1.12. The number of anilines is 1. The average molecular weight is 582 g/mol. The fraction of sp³-hybridized carbons (Fsp3) is 0.500. The van der Waals surface area contributed by atoms with Crippen molar-refractivity contribution in [2.75, 3.05) is 31.1 Å². The highest BCUT2D eigenvalue weighted by atomic mass is 19.4. The second-order valence-corrected chi connectivity index (χ2v) is 11.7. The first-order valence-corrected chi connectivity index (χ1v) is 14.4. The fourth-order valence-electron chi connectivity index (χ4n) is 6.55. The molecular formula is C30H34F3N7O2. The zero-order valence-corrected chi connectivity index (χ0v) is 23.1. The number of aromatic nitrogens is 4. The van der Waals surface area contributed by atoms with E-state index in [0.29, 0.717) is 75.5 Å². The standard InChI is InChI=1S/C30H34F3N7O2/c31-30(32,33)22-3-5-25(38-17-22)40-15-8-21(18-40)26(41)28(11-14-34-19-28)39-23-6-9-29(42,10-7-23)24-4-2-20(16-37-24)27-35-12-1-13-36-27/h1-5,12-13,16-17,21,23,34,39,42H,6-11,14-15,18-19H2/t21?,23?,28-,29?/m0/s1. The number of halogens is 3. The van der Waals surface area contributed by atoms with Gasteiger partial charge in [-0.1, -0.05) is 0 Å². The summed E-state index contributed by atoms with van der Waals surface area (Å²) in [5, 5.41) is 18.5. The maximum atomic E-state index is 13.9. The third kappa shape index (κ3) is 5.75. The molecule has 3 fully saturated rings. The van der Waals surface area contributed by atoms with Gasteiger partial charge in [-0.2, -0.15) is 13.2 Å². The minimum absolute atomic E-state index is 0.0696. The van der Waals surface area contributed by atoms with Crippen LogP contribution in [0.3, 0.4) is 0 Å². The molecule has 3 aliphatic rings. The average Bonchev–Trinajstić information content (AvgIpc) is 3.70. The number of aliphatic hydroxyl groups is 1. The monoisotopic (exact) mass is 581 g/mol. The van der Waals surface area contributed by atoms with E-state index in [0.717, 1.165) is 24.4 Å². The summed E-state index contributed by atoms with van der Waals surface area (Å²) in [7, 11) is 0. The Morgan fingerprint density at radius 2 is 1.79 bits per heavy atom. The summed E-state index contributed by atoms with van der Waals surface area (Å²) in [5.74, 6) is 0.938. The molecule has 6 rings (SSSR count). The molecule has 9 nitrogen and oxygen atoms in total. The molecule has 1 saturated carbocycles. The molecule has 0 bridgehead atoms. The molecule has 3 N–H and O–H groups in total. The van der Waals surface area contributed by atoms with Crippen LogP contribution in [0.15, 0.2) is 55.1 Å². The molecule has 0 spiro atoms. The quantitative estimate of drug-likeness (QED) is 0.386. The molecule has 42 heavy (non-hydrogen) atoms. The maximum Gasteiger partial charge on any atom is 0.417 e. The van der Waals surface area contributed by atoms with E-state index < -0.39 is 22.9 Å². The molecule has 222 valence electrons. The lowest BCUT2D eigenvalue weighted by molar-refractivity contribution is -0.137. The second kappa shape index (κ2) is 11.3. The van der Waals surface area contributed by atoms with Crippen molar-refractivity contribution in [2.24, 2.45) is 5.92 Å². The van der Waals surface area contributed by atoms with E-state index in [1.165, 1.54) is 6.07 Å². The van der Waals surface area contributed by atoms with E-state index in [-0.39, 0.29) is 17.7 Å². The van der Waals surface area contributed by atoms with Crippen LogP contribution in [0.2, 0.25) is 0 Å². The fourth-order valence-corrected chi connectivity index (χ4v) is 6.55. The largest absolute Gasteiger partial charge is 0.417 e. The Labute approximate surface area is 242 Å². The van der Waals surface area contributed by atoms with Crippen LogP contribution in [0.25, 0.3) is 11.4 Å². The van der Waals surface area contributed by atoms with Crippen LogP contribution in [-0.4, -0.2) is 68.6 Å². The summed E-state index contributed by atoms with van der Waals surface area (Å²) in [6.45, 7) is 2.26. The molecule has 1 aliphatic carbocycles. The lowest BCUT2D eigenvalue weighted by Crippen LogP contribution is -2.60. The lowest BCUT2D eigenvalue weighted by Gasteiger charge is -2.40. The molecule has 12 heteroatoms. The molecule has 2 aliphatic heterocycles. The summed E-state index contributed by atoms with van der Waals surface area (Å²) < 4.78 is 38.8. The molecular weight excluding hydrogens is 547 g/mol. The van der Waals surface area contributed by atoms with Gasteiger partial charge < -0.3 is 20.6 Å². The first-order chi connectivity index (χ1) is 20.2. The number of hydrogen-bond acceptors (Lipinski definition) is 9. The normalized spacial score (nSPS) is 28.2. The van der Waals surface area contributed by atoms with Crippen molar-refractivity contribution in [3.8, 4) is 11.4 Å². The van der Waals surface area contributed by atoms with Crippen LogP contribution in [0, 0.1) is 5.92 Å². The van der Waals surface area contributed by atoms with Gasteiger partial charge in [0.1, 0.15) is 11.4 Å². The van der Waals surface area contributed by atoms with Crippen molar-refractivity contribution >= 4 is 11.6 Å². The number of pyridine rings is 2. The molecule has 2 atom stereocenters. The van der Waals surface area contributed by atoms with Crippen LogP contribution in [0.1, 0.15) is 49.8 Å². The molecule has 3 aromatic heterocycles. The Hall–Kier alpha value is -3.48. The highest BCUT2D eigenvalue weighted by molar-refractivity contribution is 5.92. The third-order valence-corrected chi connectivity index (χ3v) is 8.94. The molecule has 0 amide bonds. The first kappa shape index (κ1) is 28.6. The smallest absolute Gasteiger partial charge is 0.384 e. The zero-order valence-electron chi connectivity index (χ0n) is 23.1. The first-order valence-electron chi connectivity index (χ1n) is 14.4. The van der Waals surface area contributed by atoms with Gasteiger partial charge in [0, 0.05) is 61.9 Å². The van der Waals surface area contributed by atoms with Gasteiger partial charge >= 0.3 is 6.18 Å². The highest BCUT2D eigenvalue weighted by Gasteiger charge is 2.48. The van der Waals surface area contributed by atoms with Gasteiger partial charge in [0.15, 0.2) is 11.6 Å². The summed E-state index contributed by atoms with van der Waals surface area (Å²) in [6.07, 6.45) is 5.19. The van der Waals surface area contributed by atoms with E-state index in [9.17, 15) is 23.1 Å². The van der Waals surface area contributed by atoms with Crippen molar-refractivity contribution in [1.29, 1.82) is 0 Å². The van der Waals surface area contributed by atoms with E-state index in [2.05, 4.69) is 30.6 Å². The van der Waals surface area contributed by atoms with Gasteiger partial charge in [-0.05, 0) is 75.4 Å². The number of rotatable bonds is 7. The van der Waals surface area contributed by atoms with Crippen LogP contribution >= 0.6 is 0 Å². The van der Waals surface area contributed by atoms with Gasteiger partial charge in [-0.3, -0.25) is 9.78 Å². The SMILES string of the molecule is O=C(C1CCN(c2ccc(C(F)(F)F)cn2)C1)[C@]1(NC2CCC(O)(c3ccc(-c4ncccn4)cn3)CC2)CCNC1. The Morgan fingerprint density at radius 3 is 2.40 bits per heavy atom. The van der Waals surface area contributed by atoms with Crippen molar-refractivity contribution in [1.82, 2.24) is 30.6 Å². The number of carbonyl (C=O) groups excluding carboxylic acids is 1. The lowest BCUT2D eigenvalue weighted by atomic mass is 9.77. The van der Waals surface area contributed by atoms with Crippen molar-refractivity contribution in [3.63, 3.8) is 0 Å². The third-order valence-electron chi connectivity index (χ3n) is 8.94. The number of hydrogen-bond donors (Lipinski definition) is 3. The van der Waals surface area contributed by atoms with Gasteiger partial charge in [0.05, 0.1) is 16.8 Å². The highest BCUT2D eigenvalue weighted by Crippen LogP contribution is 2.38. The molecule has 1 unspecified atom stereocenters. The van der Waals surface area contributed by atoms with Gasteiger partial charge in [-0.15, -0.1) is 0 Å². The van der Waals surface area contributed by atoms with E-state index in [1.54, 1.807) is 24.7 Å². The number of carbonyl (C=O) groups is 1. The van der Waals surface area contributed by atoms with Crippen molar-refractivity contribution < 1.29 is 23.1 Å². The van der Waals surface area contributed by atoms with Crippen molar-refractivity contribution in [2.45, 2.75) is 61.9 Å². The molecule has 0 aromatic carbocycles. The minimum Gasteiger partial charge on any atom is -0.384 e. The number of ketones is 1. The maximum absolute atomic E-state index is 13.9. The van der Waals surface area contributed by atoms with Gasteiger partial charge in [-0.25, -0.2) is 15.0 Å². The topological polar surface area (TPSA) is 116 Å². The Morgan fingerprint density at radius 1 is 1.00 bits per heavy atom. The number of nitrogens with zero attached hydrogens (tertiary/aromatic N) is 5. The van der Waals surface area contributed by atoms with E-state index in [4.69, 9.17) is 0 Å². The van der Waals surface area contributed by atoms with Gasteiger partial charge in [0.25, 0.3) is 0 Å². The number of nitrogens with one attached hydrogen (secondary N) is 2. The summed E-state index contributed by atoms with van der Waals surface area (Å²) >= 11 is 0. The predicted molar refractivity (Wildman–Crippen MR) is 149 cm³/mol. The van der Waals surface area contributed by atoms with Crippen LogP contribution < -0.4 is 15.5 Å². The molecule has 0 radical (unpaired) electrons. The predicted octanol–water partition coefficient (Wildman–Crippen LogP) is 3.50. The van der Waals surface area contributed by atoms with Gasteiger partial charge in [0.2, 0.25) is 0 Å². The molecule has 2 saturated heterocycles. The zero-order chi connectivity index (χ0) is 29.4. The Bertz CT molecular complexity index is 1370. The van der Waals surface area contributed by atoms with Crippen LogP contribution in [0.5, 0.6) is 0 Å². The second-order valence-electron chi connectivity index (χ2n) is 11.7. The van der Waals surface area contributed by atoms with Crippen LogP contribution in [-0.2, 0) is 16.6 Å². The van der Waals surface area contributed by atoms with Crippen molar-refractivity contribution in [3.05, 3.63) is 66.4 Å².